The zero-order valence-corrected chi connectivity index (χ0v) is 10.8. The zero-order valence-electron chi connectivity index (χ0n) is 10.8. The summed E-state index contributed by atoms with van der Waals surface area (Å²) in [7, 11) is 0. The van der Waals surface area contributed by atoms with Crippen LogP contribution in [-0.4, -0.2) is 5.78 Å². The number of benzene rings is 2. The fraction of sp³-hybridized carbons (Fsp3) is 0.167. The Hall–Kier alpha value is -2.33. The summed E-state index contributed by atoms with van der Waals surface area (Å²) < 4.78 is 0. The van der Waals surface area contributed by atoms with Crippen molar-refractivity contribution in [3.05, 3.63) is 71.8 Å². The van der Waals surface area contributed by atoms with Gasteiger partial charge in [-0.15, -0.1) is 12.3 Å². The lowest BCUT2D eigenvalue weighted by molar-refractivity contribution is -0.119. The van der Waals surface area contributed by atoms with Crippen molar-refractivity contribution in [2.75, 3.05) is 0 Å². The monoisotopic (exact) mass is 248 g/mol. The topological polar surface area (TPSA) is 17.1 Å². The minimum atomic E-state index is -0.202. The summed E-state index contributed by atoms with van der Waals surface area (Å²) in [4.78, 5) is 12.4. The van der Waals surface area contributed by atoms with Crippen LogP contribution in [0.1, 0.15) is 23.5 Å². The maximum atomic E-state index is 12.4. The lowest BCUT2D eigenvalue weighted by Gasteiger charge is -2.13. The highest BCUT2D eigenvalue weighted by molar-refractivity contribution is 5.87. The van der Waals surface area contributed by atoms with Crippen molar-refractivity contribution in [3.63, 3.8) is 0 Å². The number of ketones is 1. The number of carbonyl (C=O) groups is 1. The molecular formula is C18H16O. The fourth-order valence-corrected chi connectivity index (χ4v) is 2.14. The molecule has 0 N–H and O–H groups in total. The summed E-state index contributed by atoms with van der Waals surface area (Å²) in [5.74, 6) is 2.59. The van der Waals surface area contributed by atoms with Gasteiger partial charge in [0.25, 0.3) is 0 Å². The Morgan fingerprint density at radius 2 is 1.58 bits per heavy atom. The van der Waals surface area contributed by atoms with Gasteiger partial charge in [-0.25, -0.2) is 0 Å². The smallest absolute Gasteiger partial charge is 0.145 e. The second-order valence-corrected chi connectivity index (χ2v) is 4.50. The van der Waals surface area contributed by atoms with Crippen LogP contribution in [0.2, 0.25) is 0 Å². The first-order chi connectivity index (χ1) is 9.31. The Morgan fingerprint density at radius 1 is 1.00 bits per heavy atom. The molecule has 0 heterocycles. The molecule has 2 aromatic carbocycles. The molecule has 0 saturated heterocycles. The minimum Gasteiger partial charge on any atom is -0.299 e. The number of hydrogen-bond acceptors (Lipinski definition) is 1. The molecule has 1 nitrogen and oxygen atoms in total. The van der Waals surface area contributed by atoms with Crippen LogP contribution in [0, 0.1) is 12.3 Å². The Balaban J connectivity index is 2.16. The van der Waals surface area contributed by atoms with Crippen molar-refractivity contribution in [3.8, 4) is 12.3 Å². The van der Waals surface area contributed by atoms with Gasteiger partial charge in [-0.3, -0.25) is 4.79 Å². The first-order valence-electron chi connectivity index (χ1n) is 6.36. The maximum absolute atomic E-state index is 12.4. The van der Waals surface area contributed by atoms with Crippen molar-refractivity contribution in [1.82, 2.24) is 0 Å². The Morgan fingerprint density at radius 3 is 2.16 bits per heavy atom. The van der Waals surface area contributed by atoms with Gasteiger partial charge in [0.15, 0.2) is 0 Å². The van der Waals surface area contributed by atoms with E-state index >= 15 is 0 Å². The lowest BCUT2D eigenvalue weighted by atomic mass is 9.89. The molecule has 2 aromatic rings. The third-order valence-electron chi connectivity index (χ3n) is 3.13. The average molecular weight is 248 g/mol. The van der Waals surface area contributed by atoms with Crippen molar-refractivity contribution in [1.29, 1.82) is 0 Å². The summed E-state index contributed by atoms with van der Waals surface area (Å²) in [6.45, 7) is 0. The molecular weight excluding hydrogens is 232 g/mol. The molecule has 0 radical (unpaired) electrons. The number of terminal acetylenes is 1. The van der Waals surface area contributed by atoms with Gasteiger partial charge in [0.1, 0.15) is 5.78 Å². The molecule has 0 aliphatic heterocycles. The van der Waals surface area contributed by atoms with Gasteiger partial charge in [0.05, 0.1) is 5.92 Å². The summed E-state index contributed by atoms with van der Waals surface area (Å²) in [5.41, 5.74) is 2.03. The summed E-state index contributed by atoms with van der Waals surface area (Å²) in [5, 5.41) is 0. The predicted octanol–water partition coefficient (Wildman–Crippen LogP) is 3.61. The van der Waals surface area contributed by atoms with Gasteiger partial charge < -0.3 is 0 Å². The highest BCUT2D eigenvalue weighted by Gasteiger charge is 2.19. The highest BCUT2D eigenvalue weighted by atomic mass is 16.1. The second kappa shape index (κ2) is 6.56. The molecule has 0 amide bonds. The SMILES string of the molecule is C#CCC(C(=O)Cc1ccccc1)c1ccccc1. The number of rotatable bonds is 5. The van der Waals surface area contributed by atoms with Crippen molar-refractivity contribution >= 4 is 5.78 Å². The van der Waals surface area contributed by atoms with E-state index in [1.807, 2.05) is 60.7 Å². The van der Waals surface area contributed by atoms with E-state index in [2.05, 4.69) is 5.92 Å². The third kappa shape index (κ3) is 3.56. The molecule has 1 heteroatoms. The molecule has 0 aliphatic carbocycles. The molecule has 0 spiro atoms. The quantitative estimate of drug-likeness (QED) is 0.739. The number of hydrogen-bond donors (Lipinski definition) is 0. The van der Waals surface area contributed by atoms with Crippen LogP contribution in [0.4, 0.5) is 0 Å². The van der Waals surface area contributed by atoms with Crippen LogP contribution in [-0.2, 0) is 11.2 Å². The van der Waals surface area contributed by atoms with E-state index in [1.54, 1.807) is 0 Å². The molecule has 1 unspecified atom stereocenters. The van der Waals surface area contributed by atoms with Crippen LogP contribution in [0.15, 0.2) is 60.7 Å². The van der Waals surface area contributed by atoms with E-state index in [-0.39, 0.29) is 11.7 Å². The number of Topliss-reactive ketones (excluding diaryl/α,β-unsaturated/α-hetero) is 1. The van der Waals surface area contributed by atoms with Gasteiger partial charge in [-0.05, 0) is 11.1 Å². The molecule has 0 bridgehead atoms. The molecule has 94 valence electrons. The predicted molar refractivity (Wildman–Crippen MR) is 77.8 cm³/mol. The normalized spacial score (nSPS) is 11.5. The zero-order chi connectivity index (χ0) is 13.5. The van der Waals surface area contributed by atoms with Gasteiger partial charge >= 0.3 is 0 Å². The molecule has 0 aliphatic rings. The van der Waals surface area contributed by atoms with Crippen LogP contribution < -0.4 is 0 Å². The van der Waals surface area contributed by atoms with E-state index in [4.69, 9.17) is 6.42 Å². The van der Waals surface area contributed by atoms with E-state index in [0.29, 0.717) is 12.8 Å². The molecule has 0 fully saturated rings. The Labute approximate surface area is 114 Å². The van der Waals surface area contributed by atoms with Crippen molar-refractivity contribution < 1.29 is 4.79 Å². The second-order valence-electron chi connectivity index (χ2n) is 4.50. The molecule has 0 aromatic heterocycles. The first kappa shape index (κ1) is 13.1. The molecule has 1 atom stereocenters. The van der Waals surface area contributed by atoms with Crippen LogP contribution in [0.5, 0.6) is 0 Å². The van der Waals surface area contributed by atoms with Crippen LogP contribution in [0.25, 0.3) is 0 Å². The van der Waals surface area contributed by atoms with E-state index in [0.717, 1.165) is 11.1 Å². The van der Waals surface area contributed by atoms with E-state index in [1.165, 1.54) is 0 Å². The minimum absolute atomic E-state index is 0.176. The Kier molecular flexibility index (Phi) is 4.53. The van der Waals surface area contributed by atoms with Crippen LogP contribution >= 0.6 is 0 Å². The Bertz CT molecular complexity index is 564. The summed E-state index contributed by atoms with van der Waals surface area (Å²) in [6, 6.07) is 19.5. The highest BCUT2D eigenvalue weighted by Crippen LogP contribution is 2.22. The maximum Gasteiger partial charge on any atom is 0.145 e. The van der Waals surface area contributed by atoms with Gasteiger partial charge in [0, 0.05) is 12.8 Å². The average Bonchev–Trinajstić information content (AvgIpc) is 2.46. The first-order valence-corrected chi connectivity index (χ1v) is 6.36. The van der Waals surface area contributed by atoms with Crippen LogP contribution in [0.3, 0.4) is 0 Å². The van der Waals surface area contributed by atoms with E-state index in [9.17, 15) is 4.79 Å². The van der Waals surface area contributed by atoms with Gasteiger partial charge in [0.2, 0.25) is 0 Å². The number of carbonyl (C=O) groups excluding carboxylic acids is 1. The molecule has 0 saturated carbocycles. The standard InChI is InChI=1S/C18H16O/c1-2-9-17(16-12-7-4-8-13-16)18(19)14-15-10-5-3-6-11-15/h1,3-8,10-13,17H,9,14H2. The van der Waals surface area contributed by atoms with E-state index < -0.39 is 0 Å². The van der Waals surface area contributed by atoms with Gasteiger partial charge in [-0.2, -0.15) is 0 Å². The lowest BCUT2D eigenvalue weighted by Crippen LogP contribution is -2.14. The summed E-state index contributed by atoms with van der Waals surface area (Å²) in [6.07, 6.45) is 6.28. The van der Waals surface area contributed by atoms with Crippen molar-refractivity contribution in [2.24, 2.45) is 0 Å². The third-order valence-corrected chi connectivity index (χ3v) is 3.13. The molecule has 2 rings (SSSR count). The summed E-state index contributed by atoms with van der Waals surface area (Å²) >= 11 is 0. The largest absolute Gasteiger partial charge is 0.299 e. The fourth-order valence-electron chi connectivity index (χ4n) is 2.14. The molecule has 19 heavy (non-hydrogen) atoms. The van der Waals surface area contributed by atoms with Gasteiger partial charge in [-0.1, -0.05) is 60.7 Å². The van der Waals surface area contributed by atoms with Crippen molar-refractivity contribution in [2.45, 2.75) is 18.8 Å².